The molecule has 1 N–H and O–H groups in total. The number of nitrogens with zero attached hydrogens (tertiary/aromatic N) is 1. The lowest BCUT2D eigenvalue weighted by Crippen LogP contribution is -2.41. The van der Waals surface area contributed by atoms with Crippen molar-refractivity contribution in [2.45, 2.75) is 38.8 Å². The molecule has 0 saturated heterocycles. The second kappa shape index (κ2) is 5.29. The Morgan fingerprint density at radius 2 is 2.17 bits per heavy atom. The number of hydrogen-bond donors (Lipinski definition) is 1. The summed E-state index contributed by atoms with van der Waals surface area (Å²) in [4.78, 5) is 2.29. The monoisotopic (exact) mass is 249 g/mol. The van der Waals surface area contributed by atoms with Gasteiger partial charge in [0.1, 0.15) is 5.75 Å². The van der Waals surface area contributed by atoms with E-state index in [2.05, 4.69) is 44.0 Å². The Balaban J connectivity index is 2.05. The number of hydrogen-bond acceptors (Lipinski definition) is 3. The van der Waals surface area contributed by atoms with Crippen LogP contribution in [0.3, 0.4) is 0 Å². The van der Waals surface area contributed by atoms with Crippen molar-refractivity contribution in [3.8, 4) is 5.75 Å². The number of aliphatic hydroxyl groups is 1. The largest absolute Gasteiger partial charge is 0.493 e. The molecule has 0 amide bonds. The minimum atomic E-state index is 0.0181. The van der Waals surface area contributed by atoms with Crippen LogP contribution in [0.2, 0.25) is 0 Å². The molecule has 0 aromatic heterocycles. The zero-order valence-corrected chi connectivity index (χ0v) is 11.6. The number of benzene rings is 1. The first kappa shape index (κ1) is 13.4. The fourth-order valence-corrected chi connectivity index (χ4v) is 2.29. The van der Waals surface area contributed by atoms with Gasteiger partial charge in [0.25, 0.3) is 0 Å². The molecule has 1 aromatic rings. The van der Waals surface area contributed by atoms with Crippen LogP contribution in [0.15, 0.2) is 18.2 Å². The molecule has 0 bridgehead atoms. The molecule has 1 aliphatic heterocycles. The molecule has 1 aromatic carbocycles. The van der Waals surface area contributed by atoms with Gasteiger partial charge in [-0.3, -0.25) is 4.90 Å². The van der Waals surface area contributed by atoms with Gasteiger partial charge in [-0.25, -0.2) is 0 Å². The van der Waals surface area contributed by atoms with Crippen molar-refractivity contribution in [1.29, 1.82) is 0 Å². The lowest BCUT2D eigenvalue weighted by atomic mass is 9.98. The summed E-state index contributed by atoms with van der Waals surface area (Å²) in [6.45, 7) is 6.28. The van der Waals surface area contributed by atoms with Crippen molar-refractivity contribution in [2.24, 2.45) is 0 Å². The van der Waals surface area contributed by atoms with Gasteiger partial charge in [0.15, 0.2) is 0 Å². The molecular formula is C15H23NO2. The van der Waals surface area contributed by atoms with Crippen molar-refractivity contribution in [1.82, 2.24) is 4.90 Å². The van der Waals surface area contributed by atoms with Crippen LogP contribution in [-0.2, 0) is 13.0 Å². The number of ether oxygens (including phenoxy) is 1. The molecule has 0 saturated carbocycles. The van der Waals surface area contributed by atoms with E-state index in [4.69, 9.17) is 9.84 Å². The van der Waals surface area contributed by atoms with Crippen LogP contribution in [-0.4, -0.2) is 35.8 Å². The molecule has 3 nitrogen and oxygen atoms in total. The Bertz CT molecular complexity index is 415. The molecule has 0 radical (unpaired) electrons. The lowest BCUT2D eigenvalue weighted by Gasteiger charge is -2.35. The first-order valence-electron chi connectivity index (χ1n) is 6.59. The standard InChI is InChI=1S/C15H23NO2/c1-15(2,7-8-17)16(3)11-12-4-5-14-13(10-12)6-9-18-14/h4-5,10,17H,6-9,11H2,1-3H3. The summed E-state index contributed by atoms with van der Waals surface area (Å²) in [6, 6.07) is 6.45. The van der Waals surface area contributed by atoms with Crippen LogP contribution >= 0.6 is 0 Å². The van der Waals surface area contributed by atoms with Gasteiger partial charge in [-0.15, -0.1) is 0 Å². The Hall–Kier alpha value is -1.06. The summed E-state index contributed by atoms with van der Waals surface area (Å²) in [5, 5.41) is 9.10. The van der Waals surface area contributed by atoms with Crippen molar-refractivity contribution in [2.75, 3.05) is 20.3 Å². The highest BCUT2D eigenvalue weighted by atomic mass is 16.5. The predicted molar refractivity (Wildman–Crippen MR) is 72.9 cm³/mol. The van der Waals surface area contributed by atoms with E-state index in [-0.39, 0.29) is 12.1 Å². The molecule has 100 valence electrons. The molecule has 0 fully saturated rings. The second-order valence-electron chi connectivity index (χ2n) is 5.68. The van der Waals surface area contributed by atoms with E-state index in [9.17, 15) is 0 Å². The average Bonchev–Trinajstić information content (AvgIpc) is 2.76. The van der Waals surface area contributed by atoms with E-state index in [1.165, 1.54) is 11.1 Å². The van der Waals surface area contributed by atoms with E-state index in [1.54, 1.807) is 0 Å². The first-order valence-corrected chi connectivity index (χ1v) is 6.59. The van der Waals surface area contributed by atoms with Crippen LogP contribution < -0.4 is 4.74 Å². The maximum absolute atomic E-state index is 9.10. The van der Waals surface area contributed by atoms with Crippen molar-refractivity contribution >= 4 is 0 Å². The molecule has 1 aliphatic rings. The molecule has 0 spiro atoms. The van der Waals surface area contributed by atoms with Gasteiger partial charge in [0, 0.05) is 25.1 Å². The highest BCUT2D eigenvalue weighted by Crippen LogP contribution is 2.27. The highest BCUT2D eigenvalue weighted by Gasteiger charge is 2.23. The third kappa shape index (κ3) is 2.85. The third-order valence-corrected chi connectivity index (χ3v) is 3.93. The molecule has 0 aliphatic carbocycles. The van der Waals surface area contributed by atoms with Crippen LogP contribution in [0.4, 0.5) is 0 Å². The second-order valence-corrected chi connectivity index (χ2v) is 5.68. The first-order chi connectivity index (χ1) is 8.53. The summed E-state index contributed by atoms with van der Waals surface area (Å²) in [5.41, 5.74) is 2.65. The van der Waals surface area contributed by atoms with Gasteiger partial charge in [-0.2, -0.15) is 0 Å². The average molecular weight is 249 g/mol. The van der Waals surface area contributed by atoms with Crippen molar-refractivity contribution in [3.05, 3.63) is 29.3 Å². The Labute approximate surface area is 109 Å². The van der Waals surface area contributed by atoms with E-state index in [0.717, 1.165) is 31.7 Å². The molecule has 0 atom stereocenters. The Kier molecular flexibility index (Phi) is 3.93. The SMILES string of the molecule is CN(Cc1ccc2c(c1)CCO2)C(C)(C)CCO. The normalized spacial score (nSPS) is 14.7. The fourth-order valence-electron chi connectivity index (χ4n) is 2.29. The summed E-state index contributed by atoms with van der Waals surface area (Å²) < 4.78 is 5.52. The molecule has 2 rings (SSSR count). The van der Waals surface area contributed by atoms with E-state index >= 15 is 0 Å². The minimum absolute atomic E-state index is 0.0181. The van der Waals surface area contributed by atoms with E-state index in [1.807, 2.05) is 0 Å². The molecule has 0 unspecified atom stereocenters. The van der Waals surface area contributed by atoms with Gasteiger partial charge in [-0.05, 0) is 44.5 Å². The highest BCUT2D eigenvalue weighted by molar-refractivity contribution is 5.39. The minimum Gasteiger partial charge on any atom is -0.493 e. The Morgan fingerprint density at radius 1 is 1.39 bits per heavy atom. The topological polar surface area (TPSA) is 32.7 Å². The van der Waals surface area contributed by atoms with Crippen LogP contribution in [0.1, 0.15) is 31.4 Å². The van der Waals surface area contributed by atoms with Gasteiger partial charge in [0.2, 0.25) is 0 Å². The maximum atomic E-state index is 9.10. The van der Waals surface area contributed by atoms with Crippen molar-refractivity contribution in [3.63, 3.8) is 0 Å². The van der Waals surface area contributed by atoms with Crippen LogP contribution in [0.25, 0.3) is 0 Å². The molecule has 3 heteroatoms. The zero-order chi connectivity index (χ0) is 13.2. The van der Waals surface area contributed by atoms with Crippen LogP contribution in [0, 0.1) is 0 Å². The summed E-state index contributed by atoms with van der Waals surface area (Å²) in [7, 11) is 2.11. The smallest absolute Gasteiger partial charge is 0.122 e. The zero-order valence-electron chi connectivity index (χ0n) is 11.6. The summed E-state index contributed by atoms with van der Waals surface area (Å²) in [6.07, 6.45) is 1.81. The summed E-state index contributed by atoms with van der Waals surface area (Å²) >= 11 is 0. The fraction of sp³-hybridized carbons (Fsp3) is 0.600. The quantitative estimate of drug-likeness (QED) is 0.868. The number of aliphatic hydroxyl groups excluding tert-OH is 1. The number of rotatable bonds is 5. The third-order valence-electron chi connectivity index (χ3n) is 3.93. The number of fused-ring (bicyclic) bond motifs is 1. The lowest BCUT2D eigenvalue weighted by molar-refractivity contribution is 0.110. The maximum Gasteiger partial charge on any atom is 0.122 e. The molecule has 18 heavy (non-hydrogen) atoms. The van der Waals surface area contributed by atoms with Crippen molar-refractivity contribution < 1.29 is 9.84 Å². The molecular weight excluding hydrogens is 226 g/mol. The predicted octanol–water partition coefficient (Wildman–Crippen LogP) is 2.21. The van der Waals surface area contributed by atoms with Gasteiger partial charge in [-0.1, -0.05) is 12.1 Å². The van der Waals surface area contributed by atoms with Crippen LogP contribution in [0.5, 0.6) is 5.75 Å². The van der Waals surface area contributed by atoms with E-state index in [0.29, 0.717) is 0 Å². The molecule has 1 heterocycles. The van der Waals surface area contributed by atoms with Gasteiger partial charge in [0.05, 0.1) is 6.61 Å². The summed E-state index contributed by atoms with van der Waals surface area (Å²) in [5.74, 6) is 1.04. The van der Waals surface area contributed by atoms with E-state index < -0.39 is 0 Å². The Morgan fingerprint density at radius 3 is 2.89 bits per heavy atom. The van der Waals surface area contributed by atoms with Gasteiger partial charge >= 0.3 is 0 Å². The van der Waals surface area contributed by atoms with Gasteiger partial charge < -0.3 is 9.84 Å².